The lowest BCUT2D eigenvalue weighted by molar-refractivity contribution is 0.670. The standard InChI is InChI=1S/C60H35N3O.C3H8/c1-3-17-40-36(14-1)16-11-24-41(40)38-30-32-39(33-31-38)56-49-23-9-10-29-52(49)61-60(62-56)63-57-47(48-26-13-28-51-54-42-18-4-2-15-37(42)34-35-53(54)64-59(48)51)25-12-27-50(57)55-45-21-7-5-19-43(45)44-20-6-8-22-46(44)58(55)63;1-3-2/h1-35H;3H2,1-2H3. The van der Waals surface area contributed by atoms with Crippen LogP contribution < -0.4 is 0 Å². The minimum atomic E-state index is 0.613. The van der Waals surface area contributed by atoms with Crippen LogP contribution in [0, 0.1) is 0 Å². The summed E-state index contributed by atoms with van der Waals surface area (Å²) < 4.78 is 9.25. The van der Waals surface area contributed by atoms with E-state index >= 15 is 0 Å². The van der Waals surface area contributed by atoms with Crippen LogP contribution in [0.3, 0.4) is 0 Å². The highest BCUT2D eigenvalue weighted by Crippen LogP contribution is 2.47. The first-order valence-corrected chi connectivity index (χ1v) is 23.2. The second-order valence-corrected chi connectivity index (χ2v) is 17.5. The zero-order chi connectivity index (χ0) is 44.6. The van der Waals surface area contributed by atoms with Crippen LogP contribution in [-0.2, 0) is 0 Å². The van der Waals surface area contributed by atoms with E-state index in [1.807, 2.05) is 0 Å². The minimum absolute atomic E-state index is 0.613. The van der Waals surface area contributed by atoms with E-state index in [2.05, 4.69) is 231 Å². The molecule has 0 fully saturated rings. The molecule has 67 heavy (non-hydrogen) atoms. The molecule has 0 saturated heterocycles. The summed E-state index contributed by atoms with van der Waals surface area (Å²) in [5.74, 6) is 0.613. The van der Waals surface area contributed by atoms with Gasteiger partial charge in [0.05, 0.1) is 22.2 Å². The van der Waals surface area contributed by atoms with Crippen molar-refractivity contribution in [2.45, 2.75) is 20.3 Å². The van der Waals surface area contributed by atoms with Gasteiger partial charge in [0.1, 0.15) is 11.2 Å². The fourth-order valence-electron chi connectivity index (χ4n) is 10.6. The van der Waals surface area contributed by atoms with Crippen molar-refractivity contribution in [2.75, 3.05) is 0 Å². The van der Waals surface area contributed by atoms with Crippen LogP contribution in [0.25, 0.3) is 137 Å². The third-order valence-corrected chi connectivity index (χ3v) is 13.4. The fourth-order valence-corrected chi connectivity index (χ4v) is 10.6. The van der Waals surface area contributed by atoms with E-state index in [-0.39, 0.29) is 0 Å². The van der Waals surface area contributed by atoms with E-state index in [1.165, 1.54) is 55.1 Å². The molecule has 0 amide bonds. The van der Waals surface area contributed by atoms with E-state index < -0.39 is 0 Å². The number of rotatable bonds is 4. The van der Waals surface area contributed by atoms with Gasteiger partial charge in [0.2, 0.25) is 5.95 Å². The topological polar surface area (TPSA) is 43.9 Å². The number of fused-ring (bicyclic) bond motifs is 15. The van der Waals surface area contributed by atoms with Crippen LogP contribution in [0.4, 0.5) is 0 Å². The van der Waals surface area contributed by atoms with Gasteiger partial charge in [-0.2, -0.15) is 0 Å². The molecule has 0 aliphatic heterocycles. The van der Waals surface area contributed by atoms with E-state index in [4.69, 9.17) is 14.4 Å². The summed E-state index contributed by atoms with van der Waals surface area (Å²) in [4.78, 5) is 11.1. The first-order chi connectivity index (χ1) is 33.2. The Morgan fingerprint density at radius 3 is 1.69 bits per heavy atom. The highest BCUT2D eigenvalue weighted by Gasteiger charge is 2.25. The lowest BCUT2D eigenvalue weighted by Gasteiger charge is -2.15. The van der Waals surface area contributed by atoms with E-state index in [0.717, 1.165) is 82.6 Å². The molecule has 4 nitrogen and oxygen atoms in total. The minimum Gasteiger partial charge on any atom is -0.455 e. The molecule has 3 aromatic heterocycles. The monoisotopic (exact) mass is 857 g/mol. The number of para-hydroxylation sites is 3. The number of nitrogens with zero attached hydrogens (tertiary/aromatic N) is 3. The van der Waals surface area contributed by atoms with Gasteiger partial charge in [-0.25, -0.2) is 9.97 Å². The molecule has 0 aliphatic carbocycles. The second kappa shape index (κ2) is 15.5. The van der Waals surface area contributed by atoms with Gasteiger partial charge in [-0.05, 0) is 61.0 Å². The van der Waals surface area contributed by atoms with Gasteiger partial charge in [0, 0.05) is 49.0 Å². The summed E-state index contributed by atoms with van der Waals surface area (Å²) in [6, 6.07) is 76.0. The summed E-state index contributed by atoms with van der Waals surface area (Å²) in [6.07, 6.45) is 1.25. The lowest BCUT2D eigenvalue weighted by atomic mass is 9.95. The molecule has 0 saturated carbocycles. The Labute approximate surface area is 387 Å². The van der Waals surface area contributed by atoms with Crippen molar-refractivity contribution in [3.63, 3.8) is 0 Å². The SMILES string of the molecule is CCC.c1ccc2c(-c3ccc(-c4nc(-n5c6c(-c7cccc8c7oc7ccc9ccccc9c78)cccc6c6c7ccccc7c7ccccc7c65)nc5ccccc45)cc3)cccc2c1. The number of benzene rings is 11. The van der Waals surface area contributed by atoms with Gasteiger partial charge in [0.15, 0.2) is 0 Å². The summed E-state index contributed by atoms with van der Waals surface area (Å²) in [6.45, 7) is 4.25. The number of aromatic nitrogens is 3. The van der Waals surface area contributed by atoms with E-state index in [1.54, 1.807) is 0 Å². The van der Waals surface area contributed by atoms with Gasteiger partial charge in [0.25, 0.3) is 0 Å². The Morgan fingerprint density at radius 2 is 0.910 bits per heavy atom. The molecule has 0 radical (unpaired) electrons. The smallest absolute Gasteiger partial charge is 0.235 e. The number of hydrogen-bond acceptors (Lipinski definition) is 3. The van der Waals surface area contributed by atoms with Crippen molar-refractivity contribution in [3.8, 4) is 39.5 Å². The maximum absolute atomic E-state index is 6.91. The van der Waals surface area contributed by atoms with Crippen molar-refractivity contribution in [3.05, 3.63) is 212 Å². The molecule has 0 N–H and O–H groups in total. The van der Waals surface area contributed by atoms with Crippen molar-refractivity contribution >= 4 is 97.7 Å². The molecule has 316 valence electrons. The molecule has 3 heterocycles. The molecule has 11 aromatic carbocycles. The Hall–Kier alpha value is -8.60. The Balaban J connectivity index is 0.00000145. The molecule has 0 aliphatic rings. The molecule has 0 atom stereocenters. The van der Waals surface area contributed by atoms with Crippen LogP contribution in [0.5, 0.6) is 0 Å². The first kappa shape index (κ1) is 38.8. The van der Waals surface area contributed by atoms with Crippen LogP contribution in [-0.4, -0.2) is 14.5 Å². The summed E-state index contributed by atoms with van der Waals surface area (Å²) in [7, 11) is 0. The van der Waals surface area contributed by atoms with Crippen molar-refractivity contribution in [2.24, 2.45) is 0 Å². The molecule has 14 rings (SSSR count). The molecular weight excluding hydrogens is 815 g/mol. The number of furan rings is 1. The molecule has 4 heteroatoms. The predicted octanol–water partition coefficient (Wildman–Crippen LogP) is 17.7. The summed E-state index contributed by atoms with van der Waals surface area (Å²) >= 11 is 0. The highest BCUT2D eigenvalue weighted by atomic mass is 16.3. The van der Waals surface area contributed by atoms with Crippen molar-refractivity contribution in [1.29, 1.82) is 0 Å². The third kappa shape index (κ3) is 6.00. The summed E-state index contributed by atoms with van der Waals surface area (Å²) in [5, 5.41) is 15.1. The lowest BCUT2D eigenvalue weighted by Crippen LogP contribution is -2.04. The molecule has 14 aromatic rings. The summed E-state index contributed by atoms with van der Waals surface area (Å²) in [5.41, 5.74) is 11.1. The van der Waals surface area contributed by atoms with Crippen molar-refractivity contribution < 1.29 is 4.42 Å². The average Bonchev–Trinajstić information content (AvgIpc) is 3.96. The highest BCUT2D eigenvalue weighted by molar-refractivity contribution is 6.33. The zero-order valence-corrected chi connectivity index (χ0v) is 37.2. The normalized spacial score (nSPS) is 11.8. The maximum atomic E-state index is 6.91. The van der Waals surface area contributed by atoms with Gasteiger partial charge in [-0.15, -0.1) is 0 Å². The molecular formula is C63H43N3O. The molecule has 0 unspecified atom stereocenters. The Bertz CT molecular complexity index is 4270. The molecule has 0 bridgehead atoms. The average molecular weight is 858 g/mol. The van der Waals surface area contributed by atoms with Crippen molar-refractivity contribution in [1.82, 2.24) is 14.5 Å². The van der Waals surface area contributed by atoms with Crippen LogP contribution in [0.1, 0.15) is 20.3 Å². The van der Waals surface area contributed by atoms with E-state index in [9.17, 15) is 0 Å². The third-order valence-electron chi connectivity index (χ3n) is 13.4. The molecule has 0 spiro atoms. The first-order valence-electron chi connectivity index (χ1n) is 23.2. The Morgan fingerprint density at radius 1 is 0.373 bits per heavy atom. The van der Waals surface area contributed by atoms with Gasteiger partial charge in [-0.3, -0.25) is 4.57 Å². The van der Waals surface area contributed by atoms with Gasteiger partial charge < -0.3 is 4.42 Å². The van der Waals surface area contributed by atoms with Gasteiger partial charge in [-0.1, -0.05) is 220 Å². The van der Waals surface area contributed by atoms with Crippen LogP contribution in [0.15, 0.2) is 217 Å². The maximum Gasteiger partial charge on any atom is 0.235 e. The zero-order valence-electron chi connectivity index (χ0n) is 37.2. The van der Waals surface area contributed by atoms with Crippen LogP contribution in [0.2, 0.25) is 0 Å². The van der Waals surface area contributed by atoms with E-state index in [0.29, 0.717) is 5.95 Å². The largest absolute Gasteiger partial charge is 0.455 e. The van der Waals surface area contributed by atoms with Crippen LogP contribution >= 0.6 is 0 Å². The second-order valence-electron chi connectivity index (χ2n) is 17.5. The quantitative estimate of drug-likeness (QED) is 0.166. The fraction of sp³-hybridized carbons (Fsp3) is 0.0476. The predicted molar refractivity (Wildman–Crippen MR) is 283 cm³/mol. The Kier molecular flexibility index (Phi) is 9.00. The number of hydrogen-bond donors (Lipinski definition) is 0. The van der Waals surface area contributed by atoms with Gasteiger partial charge >= 0.3 is 0 Å².